The third-order valence-electron chi connectivity index (χ3n) is 4.18. The second-order valence-corrected chi connectivity index (χ2v) is 5.49. The predicted molar refractivity (Wildman–Crippen MR) is 78.0 cm³/mol. The maximum Gasteiger partial charge on any atom is 0.0824 e. The van der Waals surface area contributed by atoms with Crippen LogP contribution < -0.4 is 0 Å². The van der Waals surface area contributed by atoms with Gasteiger partial charge in [0.25, 0.3) is 0 Å². The van der Waals surface area contributed by atoms with Crippen molar-refractivity contribution in [3.05, 3.63) is 71.3 Å². The van der Waals surface area contributed by atoms with Gasteiger partial charge in [-0.3, -0.25) is 0 Å². The molecule has 0 amide bonds. The van der Waals surface area contributed by atoms with Crippen molar-refractivity contribution >= 4 is 0 Å². The molecule has 1 nitrogen and oxygen atoms in total. The number of aliphatic hydroxyl groups excluding tert-OH is 1. The number of hydrogen-bond donors (Lipinski definition) is 1. The maximum atomic E-state index is 10.7. The number of benzene rings is 2. The summed E-state index contributed by atoms with van der Waals surface area (Å²) in [4.78, 5) is 0. The van der Waals surface area contributed by atoms with Crippen molar-refractivity contribution in [2.75, 3.05) is 0 Å². The molecule has 0 saturated carbocycles. The Morgan fingerprint density at radius 3 is 2.53 bits per heavy atom. The standard InChI is InChI=1S/C18H20O/c19-18-16(13-14-7-2-1-3-8-14)11-6-10-15-9-4-5-12-17(15)18/h1-5,7-9,12,16,18-19H,6,10-11,13H2. The van der Waals surface area contributed by atoms with E-state index in [0.717, 1.165) is 24.8 Å². The minimum Gasteiger partial charge on any atom is -0.388 e. The van der Waals surface area contributed by atoms with Crippen molar-refractivity contribution in [3.8, 4) is 0 Å². The van der Waals surface area contributed by atoms with E-state index in [1.165, 1.54) is 17.5 Å². The molecule has 0 bridgehead atoms. The summed E-state index contributed by atoms with van der Waals surface area (Å²) in [7, 11) is 0. The van der Waals surface area contributed by atoms with Crippen LogP contribution in [0.4, 0.5) is 0 Å². The van der Waals surface area contributed by atoms with E-state index in [1.807, 2.05) is 12.1 Å². The Bertz CT molecular complexity index is 532. The van der Waals surface area contributed by atoms with Gasteiger partial charge in [-0.25, -0.2) is 0 Å². The smallest absolute Gasteiger partial charge is 0.0824 e. The molecule has 0 fully saturated rings. The van der Waals surface area contributed by atoms with E-state index in [4.69, 9.17) is 0 Å². The Morgan fingerprint density at radius 1 is 0.947 bits per heavy atom. The molecule has 1 heteroatoms. The molecule has 1 aliphatic carbocycles. The Labute approximate surface area is 114 Å². The van der Waals surface area contributed by atoms with Gasteiger partial charge in [-0.15, -0.1) is 0 Å². The van der Waals surface area contributed by atoms with Crippen LogP contribution in [0.15, 0.2) is 54.6 Å². The van der Waals surface area contributed by atoms with E-state index in [-0.39, 0.29) is 6.10 Å². The molecule has 0 radical (unpaired) electrons. The third kappa shape index (κ3) is 2.71. The Balaban J connectivity index is 1.84. The highest BCUT2D eigenvalue weighted by Gasteiger charge is 2.25. The van der Waals surface area contributed by atoms with Gasteiger partial charge >= 0.3 is 0 Å². The molecule has 98 valence electrons. The fourth-order valence-corrected chi connectivity index (χ4v) is 3.15. The first-order valence-corrected chi connectivity index (χ1v) is 7.14. The topological polar surface area (TPSA) is 20.2 Å². The molecule has 19 heavy (non-hydrogen) atoms. The Morgan fingerprint density at radius 2 is 1.68 bits per heavy atom. The van der Waals surface area contributed by atoms with E-state index >= 15 is 0 Å². The van der Waals surface area contributed by atoms with Crippen molar-refractivity contribution in [2.24, 2.45) is 5.92 Å². The van der Waals surface area contributed by atoms with Crippen molar-refractivity contribution in [3.63, 3.8) is 0 Å². The second-order valence-electron chi connectivity index (χ2n) is 5.49. The van der Waals surface area contributed by atoms with Gasteiger partial charge in [-0.05, 0) is 48.3 Å². The Kier molecular flexibility index (Phi) is 3.65. The van der Waals surface area contributed by atoms with Gasteiger partial charge in [0.2, 0.25) is 0 Å². The van der Waals surface area contributed by atoms with Crippen LogP contribution in [-0.2, 0) is 12.8 Å². The van der Waals surface area contributed by atoms with E-state index in [9.17, 15) is 5.11 Å². The van der Waals surface area contributed by atoms with Gasteiger partial charge in [0.1, 0.15) is 0 Å². The largest absolute Gasteiger partial charge is 0.388 e. The summed E-state index contributed by atoms with van der Waals surface area (Å²) in [5.74, 6) is 0.339. The molecular formula is C18H20O. The maximum absolute atomic E-state index is 10.7. The van der Waals surface area contributed by atoms with Crippen LogP contribution in [0.3, 0.4) is 0 Å². The summed E-state index contributed by atoms with van der Waals surface area (Å²) >= 11 is 0. The van der Waals surface area contributed by atoms with Gasteiger partial charge < -0.3 is 5.11 Å². The fraction of sp³-hybridized carbons (Fsp3) is 0.333. The van der Waals surface area contributed by atoms with E-state index in [2.05, 4.69) is 42.5 Å². The predicted octanol–water partition coefficient (Wildman–Crippen LogP) is 3.92. The first kappa shape index (κ1) is 12.4. The molecule has 0 spiro atoms. The zero-order valence-corrected chi connectivity index (χ0v) is 11.1. The van der Waals surface area contributed by atoms with Crippen LogP contribution in [0.1, 0.15) is 35.6 Å². The van der Waals surface area contributed by atoms with Gasteiger partial charge in [0, 0.05) is 0 Å². The molecule has 2 aromatic carbocycles. The molecule has 0 aliphatic heterocycles. The van der Waals surface area contributed by atoms with Gasteiger partial charge in [-0.2, -0.15) is 0 Å². The highest BCUT2D eigenvalue weighted by atomic mass is 16.3. The average Bonchev–Trinajstić information content (AvgIpc) is 2.61. The lowest BCUT2D eigenvalue weighted by molar-refractivity contribution is 0.105. The zero-order chi connectivity index (χ0) is 13.1. The normalized spacial score (nSPS) is 22.6. The third-order valence-corrected chi connectivity index (χ3v) is 4.18. The molecule has 2 atom stereocenters. The van der Waals surface area contributed by atoms with E-state index in [0.29, 0.717) is 5.92 Å². The first-order chi connectivity index (χ1) is 9.34. The van der Waals surface area contributed by atoms with Crippen LogP contribution in [0.2, 0.25) is 0 Å². The average molecular weight is 252 g/mol. The number of aliphatic hydroxyl groups is 1. The molecule has 3 rings (SSSR count). The molecule has 1 N–H and O–H groups in total. The number of aryl methyl sites for hydroxylation is 1. The van der Waals surface area contributed by atoms with Crippen LogP contribution >= 0.6 is 0 Å². The quantitative estimate of drug-likeness (QED) is 0.803. The number of hydrogen-bond acceptors (Lipinski definition) is 1. The number of rotatable bonds is 2. The van der Waals surface area contributed by atoms with Gasteiger partial charge in [0.05, 0.1) is 6.10 Å². The van der Waals surface area contributed by atoms with Crippen molar-refractivity contribution in [1.82, 2.24) is 0 Å². The van der Waals surface area contributed by atoms with Crippen LogP contribution in [0, 0.1) is 5.92 Å². The van der Waals surface area contributed by atoms with Gasteiger partial charge in [-0.1, -0.05) is 54.6 Å². The summed E-state index contributed by atoms with van der Waals surface area (Å²) in [6, 6.07) is 18.9. The summed E-state index contributed by atoms with van der Waals surface area (Å²) < 4.78 is 0. The minimum atomic E-state index is -0.320. The molecule has 0 heterocycles. The molecule has 1 aliphatic rings. The summed E-state index contributed by atoms with van der Waals surface area (Å²) in [6.45, 7) is 0. The van der Waals surface area contributed by atoms with E-state index in [1.54, 1.807) is 0 Å². The van der Waals surface area contributed by atoms with Crippen molar-refractivity contribution in [1.29, 1.82) is 0 Å². The second kappa shape index (κ2) is 5.58. The first-order valence-electron chi connectivity index (χ1n) is 7.14. The highest BCUT2D eigenvalue weighted by molar-refractivity contribution is 5.31. The number of fused-ring (bicyclic) bond motifs is 1. The van der Waals surface area contributed by atoms with E-state index < -0.39 is 0 Å². The Hall–Kier alpha value is -1.60. The van der Waals surface area contributed by atoms with Crippen molar-refractivity contribution in [2.45, 2.75) is 31.8 Å². The highest BCUT2D eigenvalue weighted by Crippen LogP contribution is 2.34. The molecule has 0 aromatic heterocycles. The molecular weight excluding hydrogens is 232 g/mol. The summed E-state index contributed by atoms with van der Waals surface area (Å²) in [5.41, 5.74) is 3.79. The SMILES string of the molecule is OC1c2ccccc2CCCC1Cc1ccccc1. The van der Waals surface area contributed by atoms with Crippen LogP contribution in [-0.4, -0.2) is 5.11 Å². The zero-order valence-electron chi connectivity index (χ0n) is 11.1. The van der Waals surface area contributed by atoms with Crippen molar-refractivity contribution < 1.29 is 5.11 Å². The lowest BCUT2D eigenvalue weighted by atomic mass is 9.88. The summed E-state index contributed by atoms with van der Waals surface area (Å²) in [5, 5.41) is 10.7. The fourth-order valence-electron chi connectivity index (χ4n) is 3.15. The summed E-state index contributed by atoms with van der Waals surface area (Å²) in [6.07, 6.45) is 4.02. The minimum absolute atomic E-state index is 0.320. The van der Waals surface area contributed by atoms with Crippen LogP contribution in [0.5, 0.6) is 0 Å². The van der Waals surface area contributed by atoms with Gasteiger partial charge in [0.15, 0.2) is 0 Å². The lowest BCUT2D eigenvalue weighted by Crippen LogP contribution is -2.14. The molecule has 2 aromatic rings. The lowest BCUT2D eigenvalue weighted by Gasteiger charge is -2.22. The van der Waals surface area contributed by atoms with Crippen LogP contribution in [0.25, 0.3) is 0 Å². The monoisotopic (exact) mass is 252 g/mol. The molecule has 0 saturated heterocycles. The molecule has 2 unspecified atom stereocenters.